The lowest BCUT2D eigenvalue weighted by Gasteiger charge is -2.17. The molecule has 2 aromatic rings. The van der Waals surface area contributed by atoms with Crippen LogP contribution in [0.1, 0.15) is 16.7 Å². The van der Waals surface area contributed by atoms with Crippen LogP contribution in [0.2, 0.25) is 5.02 Å². The fraction of sp³-hybridized carbons (Fsp3) is 0.294. The molecule has 3 heteroatoms. The van der Waals surface area contributed by atoms with Gasteiger partial charge in [-0.3, -0.25) is 4.90 Å². The van der Waals surface area contributed by atoms with E-state index in [4.69, 9.17) is 11.6 Å². The van der Waals surface area contributed by atoms with Gasteiger partial charge in [0.15, 0.2) is 0 Å². The quantitative estimate of drug-likeness (QED) is 0.916. The van der Waals surface area contributed by atoms with Crippen molar-refractivity contribution in [2.75, 3.05) is 18.9 Å². The van der Waals surface area contributed by atoms with Crippen LogP contribution in [0.3, 0.4) is 0 Å². The summed E-state index contributed by atoms with van der Waals surface area (Å²) in [7, 11) is 2.15. The summed E-state index contributed by atoms with van der Waals surface area (Å²) in [5.41, 5.74) is 5.37. The highest BCUT2D eigenvalue weighted by molar-refractivity contribution is 6.30. The summed E-state index contributed by atoms with van der Waals surface area (Å²) in [5, 5.41) is 4.20. The first kappa shape index (κ1) is 13.5. The SMILES string of the molecule is CN(Cc1cccc(Cl)c1)Cc1ccc2c(c1)CCN2. The zero-order valence-electron chi connectivity index (χ0n) is 11.7. The van der Waals surface area contributed by atoms with E-state index >= 15 is 0 Å². The molecule has 0 amide bonds. The Bertz CT molecular complexity index is 610. The smallest absolute Gasteiger partial charge is 0.0409 e. The molecule has 0 aliphatic carbocycles. The van der Waals surface area contributed by atoms with Crippen LogP contribution < -0.4 is 5.32 Å². The predicted molar refractivity (Wildman–Crippen MR) is 85.3 cm³/mol. The fourth-order valence-electron chi connectivity index (χ4n) is 2.77. The van der Waals surface area contributed by atoms with Gasteiger partial charge in [0.2, 0.25) is 0 Å². The highest BCUT2D eigenvalue weighted by atomic mass is 35.5. The lowest BCUT2D eigenvalue weighted by molar-refractivity contribution is 0.319. The first-order chi connectivity index (χ1) is 9.70. The van der Waals surface area contributed by atoms with Gasteiger partial charge in [0.05, 0.1) is 0 Å². The summed E-state index contributed by atoms with van der Waals surface area (Å²) in [6.45, 7) is 2.94. The van der Waals surface area contributed by atoms with Crippen molar-refractivity contribution < 1.29 is 0 Å². The monoisotopic (exact) mass is 286 g/mol. The van der Waals surface area contributed by atoms with E-state index in [0.29, 0.717) is 0 Å². The van der Waals surface area contributed by atoms with Crippen molar-refractivity contribution in [3.63, 3.8) is 0 Å². The number of halogens is 1. The predicted octanol–water partition coefficient (Wildman–Crippen LogP) is 3.94. The number of rotatable bonds is 4. The van der Waals surface area contributed by atoms with Gasteiger partial charge >= 0.3 is 0 Å². The normalized spacial score (nSPS) is 13.3. The van der Waals surface area contributed by atoms with Gasteiger partial charge in [-0.15, -0.1) is 0 Å². The van der Waals surface area contributed by atoms with E-state index < -0.39 is 0 Å². The lowest BCUT2D eigenvalue weighted by atomic mass is 10.1. The molecule has 0 aromatic heterocycles. The number of hydrogen-bond donors (Lipinski definition) is 1. The molecule has 0 spiro atoms. The Kier molecular flexibility index (Phi) is 3.95. The highest BCUT2D eigenvalue weighted by Gasteiger charge is 2.10. The molecule has 0 bridgehead atoms. The molecule has 0 fully saturated rings. The van der Waals surface area contributed by atoms with E-state index in [1.807, 2.05) is 18.2 Å². The van der Waals surface area contributed by atoms with Gasteiger partial charge in [0.1, 0.15) is 0 Å². The number of benzene rings is 2. The molecule has 0 radical (unpaired) electrons. The van der Waals surface area contributed by atoms with Gasteiger partial charge in [0, 0.05) is 30.3 Å². The minimum Gasteiger partial charge on any atom is -0.384 e. The molecule has 3 rings (SSSR count). The molecule has 0 unspecified atom stereocenters. The van der Waals surface area contributed by atoms with Gasteiger partial charge in [-0.25, -0.2) is 0 Å². The first-order valence-corrected chi connectivity index (χ1v) is 7.37. The number of anilines is 1. The van der Waals surface area contributed by atoms with Gasteiger partial charge in [-0.1, -0.05) is 35.9 Å². The molecular formula is C17H19ClN2. The molecule has 1 aliphatic rings. The third-order valence-corrected chi connectivity index (χ3v) is 3.91. The van der Waals surface area contributed by atoms with E-state index in [9.17, 15) is 0 Å². The maximum absolute atomic E-state index is 6.03. The Morgan fingerprint density at radius 1 is 1.10 bits per heavy atom. The number of nitrogens with zero attached hydrogens (tertiary/aromatic N) is 1. The molecular weight excluding hydrogens is 268 g/mol. The molecule has 1 heterocycles. The summed E-state index contributed by atoms with van der Waals surface area (Å²) < 4.78 is 0. The van der Waals surface area contributed by atoms with Crippen LogP contribution in [-0.4, -0.2) is 18.5 Å². The van der Waals surface area contributed by atoms with Crippen molar-refractivity contribution in [2.24, 2.45) is 0 Å². The summed E-state index contributed by atoms with van der Waals surface area (Å²) >= 11 is 6.03. The summed E-state index contributed by atoms with van der Waals surface area (Å²) in [6.07, 6.45) is 1.14. The zero-order valence-corrected chi connectivity index (χ0v) is 12.5. The molecule has 2 nitrogen and oxygen atoms in total. The van der Waals surface area contributed by atoms with Crippen molar-refractivity contribution in [3.8, 4) is 0 Å². The van der Waals surface area contributed by atoms with Crippen LogP contribution in [0.5, 0.6) is 0 Å². The maximum atomic E-state index is 6.03. The Morgan fingerprint density at radius 3 is 2.70 bits per heavy atom. The van der Waals surface area contributed by atoms with E-state index in [1.54, 1.807) is 0 Å². The van der Waals surface area contributed by atoms with Crippen LogP contribution >= 0.6 is 11.6 Å². The largest absolute Gasteiger partial charge is 0.384 e. The number of fused-ring (bicyclic) bond motifs is 1. The van der Waals surface area contributed by atoms with Crippen molar-refractivity contribution in [1.29, 1.82) is 0 Å². The van der Waals surface area contributed by atoms with Crippen LogP contribution in [-0.2, 0) is 19.5 Å². The standard InChI is InChI=1S/C17H19ClN2/c1-20(11-13-3-2-4-16(18)10-13)12-14-5-6-17-15(9-14)7-8-19-17/h2-6,9-10,19H,7-8,11-12H2,1H3. The van der Waals surface area contributed by atoms with E-state index in [1.165, 1.54) is 22.4 Å². The van der Waals surface area contributed by atoms with Crippen LogP contribution in [0.15, 0.2) is 42.5 Å². The third-order valence-electron chi connectivity index (χ3n) is 3.67. The van der Waals surface area contributed by atoms with Crippen molar-refractivity contribution >= 4 is 17.3 Å². The Labute approximate surface area is 125 Å². The minimum atomic E-state index is 0.805. The summed E-state index contributed by atoms with van der Waals surface area (Å²) in [5.74, 6) is 0. The van der Waals surface area contributed by atoms with E-state index in [0.717, 1.165) is 31.1 Å². The van der Waals surface area contributed by atoms with Gasteiger partial charge in [0.25, 0.3) is 0 Å². The Hall–Kier alpha value is -1.51. The van der Waals surface area contributed by atoms with Crippen molar-refractivity contribution in [2.45, 2.75) is 19.5 Å². The van der Waals surface area contributed by atoms with Crippen molar-refractivity contribution in [1.82, 2.24) is 4.90 Å². The van der Waals surface area contributed by atoms with Crippen LogP contribution in [0.4, 0.5) is 5.69 Å². The zero-order chi connectivity index (χ0) is 13.9. The Balaban J connectivity index is 1.65. The molecule has 20 heavy (non-hydrogen) atoms. The second-order valence-corrected chi connectivity index (χ2v) is 5.91. The first-order valence-electron chi connectivity index (χ1n) is 6.99. The van der Waals surface area contributed by atoms with Crippen LogP contribution in [0, 0.1) is 0 Å². The topological polar surface area (TPSA) is 15.3 Å². The summed E-state index contributed by atoms with van der Waals surface area (Å²) in [6, 6.07) is 14.8. The lowest BCUT2D eigenvalue weighted by Crippen LogP contribution is -2.17. The van der Waals surface area contributed by atoms with Gasteiger partial charge < -0.3 is 5.32 Å². The van der Waals surface area contributed by atoms with Gasteiger partial charge in [-0.2, -0.15) is 0 Å². The van der Waals surface area contributed by atoms with Crippen molar-refractivity contribution in [3.05, 3.63) is 64.2 Å². The third kappa shape index (κ3) is 3.14. The van der Waals surface area contributed by atoms with E-state index in [-0.39, 0.29) is 0 Å². The molecule has 1 N–H and O–H groups in total. The maximum Gasteiger partial charge on any atom is 0.0409 e. The molecule has 104 valence electrons. The minimum absolute atomic E-state index is 0.805. The highest BCUT2D eigenvalue weighted by Crippen LogP contribution is 2.23. The van der Waals surface area contributed by atoms with Crippen LogP contribution in [0.25, 0.3) is 0 Å². The molecule has 0 saturated heterocycles. The molecule has 0 saturated carbocycles. The number of hydrogen-bond acceptors (Lipinski definition) is 2. The fourth-order valence-corrected chi connectivity index (χ4v) is 2.98. The number of nitrogens with one attached hydrogen (secondary N) is 1. The Morgan fingerprint density at radius 2 is 1.90 bits per heavy atom. The average Bonchev–Trinajstić information content (AvgIpc) is 2.86. The van der Waals surface area contributed by atoms with Gasteiger partial charge in [-0.05, 0) is 48.4 Å². The summed E-state index contributed by atoms with van der Waals surface area (Å²) in [4.78, 5) is 2.32. The molecule has 0 atom stereocenters. The molecule has 2 aromatic carbocycles. The average molecular weight is 287 g/mol. The second kappa shape index (κ2) is 5.86. The van der Waals surface area contributed by atoms with E-state index in [2.05, 4.69) is 41.5 Å². The second-order valence-electron chi connectivity index (χ2n) is 5.47. The molecule has 1 aliphatic heterocycles.